The van der Waals surface area contributed by atoms with E-state index in [4.69, 9.17) is 14.2 Å². The number of hydrogen-bond donors (Lipinski definition) is 0. The van der Waals surface area contributed by atoms with E-state index in [0.717, 1.165) is 44.8 Å². The number of nitrogens with zero attached hydrogens (tertiary/aromatic N) is 1. The standard InChI is InChI=1S/C31H32BrNO3/c1-33(2)21-24-11-10-23(20-30(24)32)22-36-31(25-8-6-5-7-9-25,26-12-16-28(34-3)17-13-26)27-14-18-29(35-4)19-15-27/h5-20H,21-22H2,1-4H3. The van der Waals surface area contributed by atoms with Gasteiger partial charge in [-0.2, -0.15) is 0 Å². The van der Waals surface area contributed by atoms with E-state index in [2.05, 4.69) is 89.5 Å². The van der Waals surface area contributed by atoms with Crippen LogP contribution in [0.1, 0.15) is 27.8 Å². The highest BCUT2D eigenvalue weighted by molar-refractivity contribution is 9.10. The Labute approximate surface area is 222 Å². The average Bonchev–Trinajstić information content (AvgIpc) is 2.91. The lowest BCUT2D eigenvalue weighted by Gasteiger charge is -2.36. The van der Waals surface area contributed by atoms with Gasteiger partial charge in [-0.25, -0.2) is 0 Å². The highest BCUT2D eigenvalue weighted by Gasteiger charge is 2.38. The van der Waals surface area contributed by atoms with Crippen molar-refractivity contribution in [3.63, 3.8) is 0 Å². The molecule has 0 amide bonds. The molecule has 0 saturated heterocycles. The van der Waals surface area contributed by atoms with E-state index in [9.17, 15) is 0 Å². The third kappa shape index (κ3) is 5.65. The lowest BCUT2D eigenvalue weighted by atomic mass is 9.80. The van der Waals surface area contributed by atoms with Gasteiger partial charge < -0.3 is 19.1 Å². The van der Waals surface area contributed by atoms with E-state index in [1.165, 1.54) is 5.56 Å². The van der Waals surface area contributed by atoms with Gasteiger partial charge in [0, 0.05) is 11.0 Å². The Bertz CT molecular complexity index is 1210. The predicted octanol–water partition coefficient (Wildman–Crippen LogP) is 7.04. The normalized spacial score (nSPS) is 11.5. The Morgan fingerprint density at radius 1 is 0.694 bits per heavy atom. The number of halogens is 1. The van der Waals surface area contributed by atoms with Gasteiger partial charge in [0.25, 0.3) is 0 Å². The Hall–Kier alpha value is -3.12. The maximum absolute atomic E-state index is 6.98. The summed E-state index contributed by atoms with van der Waals surface area (Å²) in [4.78, 5) is 2.16. The second-order valence-electron chi connectivity index (χ2n) is 8.96. The van der Waals surface area contributed by atoms with Crippen LogP contribution in [0.3, 0.4) is 0 Å². The molecule has 0 saturated carbocycles. The lowest BCUT2D eigenvalue weighted by Crippen LogP contribution is -2.32. The summed E-state index contributed by atoms with van der Waals surface area (Å²) in [5, 5.41) is 0. The first-order valence-corrected chi connectivity index (χ1v) is 12.7. The smallest absolute Gasteiger partial charge is 0.144 e. The minimum absolute atomic E-state index is 0.424. The molecule has 0 spiro atoms. The molecule has 0 aliphatic heterocycles. The molecule has 0 atom stereocenters. The molecule has 0 heterocycles. The highest BCUT2D eigenvalue weighted by Crippen LogP contribution is 2.42. The van der Waals surface area contributed by atoms with Gasteiger partial charge in [0.15, 0.2) is 0 Å². The van der Waals surface area contributed by atoms with E-state index >= 15 is 0 Å². The molecule has 5 heteroatoms. The monoisotopic (exact) mass is 545 g/mol. The number of benzene rings is 4. The van der Waals surface area contributed by atoms with Gasteiger partial charge in [-0.1, -0.05) is 82.7 Å². The fourth-order valence-corrected chi connectivity index (χ4v) is 4.97. The van der Waals surface area contributed by atoms with Gasteiger partial charge in [0.1, 0.15) is 17.1 Å². The summed E-state index contributed by atoms with van der Waals surface area (Å²) in [6.07, 6.45) is 0. The van der Waals surface area contributed by atoms with Crippen molar-refractivity contribution in [3.8, 4) is 11.5 Å². The molecule has 4 aromatic carbocycles. The van der Waals surface area contributed by atoms with Crippen molar-refractivity contribution >= 4 is 15.9 Å². The van der Waals surface area contributed by atoms with Gasteiger partial charge in [-0.15, -0.1) is 0 Å². The minimum atomic E-state index is -0.839. The summed E-state index contributed by atoms with van der Waals surface area (Å²) < 4.78 is 18.9. The summed E-state index contributed by atoms with van der Waals surface area (Å²) in [7, 11) is 7.50. The summed E-state index contributed by atoms with van der Waals surface area (Å²) in [6.45, 7) is 1.29. The molecule has 0 aliphatic rings. The van der Waals surface area contributed by atoms with Crippen molar-refractivity contribution in [1.82, 2.24) is 4.90 Å². The van der Waals surface area contributed by atoms with Crippen LogP contribution in [-0.2, 0) is 23.5 Å². The van der Waals surface area contributed by atoms with Crippen LogP contribution < -0.4 is 9.47 Å². The highest BCUT2D eigenvalue weighted by atomic mass is 79.9. The summed E-state index contributed by atoms with van der Waals surface area (Å²) in [5.74, 6) is 1.60. The number of hydrogen-bond acceptors (Lipinski definition) is 4. The molecule has 0 fully saturated rings. The van der Waals surface area contributed by atoms with Crippen molar-refractivity contribution in [2.75, 3.05) is 28.3 Å². The second kappa shape index (κ2) is 11.7. The zero-order valence-electron chi connectivity index (χ0n) is 21.2. The summed E-state index contributed by atoms with van der Waals surface area (Å²) in [6, 6.07) is 33.0. The largest absolute Gasteiger partial charge is 0.497 e. The first-order chi connectivity index (χ1) is 17.5. The van der Waals surface area contributed by atoms with E-state index in [-0.39, 0.29) is 0 Å². The van der Waals surface area contributed by atoms with E-state index in [1.807, 2.05) is 42.5 Å². The predicted molar refractivity (Wildman–Crippen MR) is 149 cm³/mol. The van der Waals surface area contributed by atoms with Crippen molar-refractivity contribution in [2.45, 2.75) is 18.8 Å². The zero-order valence-corrected chi connectivity index (χ0v) is 22.8. The van der Waals surface area contributed by atoms with Gasteiger partial charge in [0.2, 0.25) is 0 Å². The van der Waals surface area contributed by atoms with E-state index in [0.29, 0.717) is 6.61 Å². The van der Waals surface area contributed by atoms with Crippen LogP contribution in [-0.4, -0.2) is 33.2 Å². The van der Waals surface area contributed by atoms with Crippen molar-refractivity contribution < 1.29 is 14.2 Å². The van der Waals surface area contributed by atoms with Gasteiger partial charge in [-0.3, -0.25) is 0 Å². The quantitative estimate of drug-likeness (QED) is 0.200. The van der Waals surface area contributed by atoms with Crippen molar-refractivity contribution in [3.05, 3.63) is 129 Å². The van der Waals surface area contributed by atoms with Crippen LogP contribution in [0, 0.1) is 0 Å². The third-order valence-electron chi connectivity index (χ3n) is 6.23. The SMILES string of the molecule is COc1ccc(C(OCc2ccc(CN(C)C)c(Br)c2)(c2ccccc2)c2ccc(OC)cc2)cc1. The molecular weight excluding hydrogens is 514 g/mol. The Balaban J connectivity index is 1.82. The molecule has 0 aromatic heterocycles. The molecular formula is C31H32BrNO3. The van der Waals surface area contributed by atoms with Crippen molar-refractivity contribution in [2.24, 2.45) is 0 Å². The Morgan fingerprint density at radius 2 is 1.22 bits per heavy atom. The van der Waals surface area contributed by atoms with Crippen LogP contribution in [0.2, 0.25) is 0 Å². The van der Waals surface area contributed by atoms with E-state index < -0.39 is 5.60 Å². The maximum atomic E-state index is 6.98. The molecule has 0 aliphatic carbocycles. The molecule has 0 N–H and O–H groups in total. The van der Waals surface area contributed by atoms with Crippen LogP contribution in [0.4, 0.5) is 0 Å². The van der Waals surface area contributed by atoms with Crippen molar-refractivity contribution in [1.29, 1.82) is 0 Å². The maximum Gasteiger partial charge on any atom is 0.144 e. The average molecular weight is 547 g/mol. The van der Waals surface area contributed by atoms with Gasteiger partial charge in [0.05, 0.1) is 20.8 Å². The fourth-order valence-electron chi connectivity index (χ4n) is 4.42. The number of ether oxygens (including phenoxy) is 3. The third-order valence-corrected chi connectivity index (χ3v) is 6.97. The molecule has 4 nitrogen and oxygen atoms in total. The first kappa shape index (κ1) is 26.0. The topological polar surface area (TPSA) is 30.9 Å². The van der Waals surface area contributed by atoms with Crippen LogP contribution in [0.5, 0.6) is 11.5 Å². The molecule has 186 valence electrons. The minimum Gasteiger partial charge on any atom is -0.497 e. The first-order valence-electron chi connectivity index (χ1n) is 11.9. The molecule has 4 aromatic rings. The van der Waals surface area contributed by atoms with Gasteiger partial charge >= 0.3 is 0 Å². The molecule has 4 rings (SSSR count). The summed E-state index contributed by atoms with van der Waals surface area (Å²) in [5.41, 5.74) is 4.57. The molecule has 0 unspecified atom stereocenters. The fraction of sp³-hybridized carbons (Fsp3) is 0.226. The summed E-state index contributed by atoms with van der Waals surface area (Å²) >= 11 is 3.75. The Morgan fingerprint density at radius 3 is 1.69 bits per heavy atom. The number of rotatable bonds is 10. The lowest BCUT2D eigenvalue weighted by molar-refractivity contribution is 0.000165. The molecule has 0 bridgehead atoms. The Kier molecular flexibility index (Phi) is 8.47. The van der Waals surface area contributed by atoms with E-state index in [1.54, 1.807) is 14.2 Å². The molecule has 36 heavy (non-hydrogen) atoms. The zero-order chi connectivity index (χ0) is 25.5. The molecule has 0 radical (unpaired) electrons. The van der Waals surface area contributed by atoms with Crippen LogP contribution >= 0.6 is 15.9 Å². The van der Waals surface area contributed by atoms with Crippen LogP contribution in [0.25, 0.3) is 0 Å². The second-order valence-corrected chi connectivity index (χ2v) is 9.81. The van der Waals surface area contributed by atoms with Gasteiger partial charge in [-0.05, 0) is 72.2 Å². The number of methoxy groups -OCH3 is 2. The van der Waals surface area contributed by atoms with Crippen LogP contribution in [0.15, 0.2) is 102 Å².